The first-order valence-electron chi connectivity index (χ1n) is 12.7. The van der Waals surface area contributed by atoms with Gasteiger partial charge in [0.15, 0.2) is 11.5 Å². The Morgan fingerprint density at radius 1 is 0.878 bits per heavy atom. The summed E-state index contributed by atoms with van der Waals surface area (Å²) < 4.78 is 39.5. The molecule has 0 aliphatic rings. The van der Waals surface area contributed by atoms with Crippen molar-refractivity contribution in [1.82, 2.24) is 10.2 Å². The Bertz CT molecular complexity index is 1490. The number of carbonyl (C=O) groups is 2. The molecular formula is C29H33Cl2N3O6S. The summed E-state index contributed by atoms with van der Waals surface area (Å²) >= 11 is 12.3. The average Bonchev–Trinajstić information content (AvgIpc) is 2.95. The number of sulfonamides is 1. The van der Waals surface area contributed by atoms with Crippen molar-refractivity contribution in [2.45, 2.75) is 44.3 Å². The monoisotopic (exact) mass is 621 g/mol. The van der Waals surface area contributed by atoms with E-state index >= 15 is 0 Å². The number of ether oxygens (including phenoxy) is 2. The Hall–Kier alpha value is -3.47. The minimum atomic E-state index is -4.28. The van der Waals surface area contributed by atoms with Gasteiger partial charge in [-0.05, 0) is 62.7 Å². The van der Waals surface area contributed by atoms with E-state index in [9.17, 15) is 18.0 Å². The van der Waals surface area contributed by atoms with E-state index in [1.165, 1.54) is 37.3 Å². The molecule has 0 aromatic heterocycles. The summed E-state index contributed by atoms with van der Waals surface area (Å²) in [5.41, 5.74) is 0.885. The number of rotatable bonds is 12. The molecule has 12 heteroatoms. The molecule has 3 aromatic carbocycles. The standard InChI is InChI=1S/C29H33Cl2N3O6S/c1-19(2)32-29(36)20(3)33(17-21-11-13-24(30)25(31)15-21)28(35)18-34(22-9-7-6-8-10-22)41(37,38)23-12-14-26(39-4)27(16-23)40-5/h6-16,19-20H,17-18H2,1-5H3,(H,32,36)/t20-/m1/s1. The quantitative estimate of drug-likeness (QED) is 0.300. The summed E-state index contributed by atoms with van der Waals surface area (Å²) in [5.74, 6) is -0.419. The maximum absolute atomic E-state index is 14.0. The Balaban J connectivity index is 2.05. The fraction of sp³-hybridized carbons (Fsp3) is 0.310. The van der Waals surface area contributed by atoms with E-state index < -0.39 is 28.5 Å². The largest absolute Gasteiger partial charge is 0.493 e. The highest BCUT2D eigenvalue weighted by molar-refractivity contribution is 7.92. The lowest BCUT2D eigenvalue weighted by Crippen LogP contribution is -2.52. The van der Waals surface area contributed by atoms with E-state index in [-0.39, 0.29) is 39.8 Å². The molecule has 9 nitrogen and oxygen atoms in total. The Morgan fingerprint density at radius 3 is 2.12 bits per heavy atom. The molecule has 220 valence electrons. The first-order valence-corrected chi connectivity index (χ1v) is 14.9. The van der Waals surface area contributed by atoms with Crippen molar-refractivity contribution in [3.05, 3.63) is 82.3 Å². The molecule has 0 radical (unpaired) electrons. The smallest absolute Gasteiger partial charge is 0.264 e. The number of nitrogens with zero attached hydrogens (tertiary/aromatic N) is 2. The molecule has 0 aliphatic carbocycles. The lowest BCUT2D eigenvalue weighted by Gasteiger charge is -2.32. The normalized spacial score (nSPS) is 12.0. The van der Waals surface area contributed by atoms with Gasteiger partial charge in [-0.25, -0.2) is 8.42 Å². The van der Waals surface area contributed by atoms with Crippen molar-refractivity contribution in [3.63, 3.8) is 0 Å². The van der Waals surface area contributed by atoms with Gasteiger partial charge < -0.3 is 19.7 Å². The van der Waals surface area contributed by atoms with Gasteiger partial charge >= 0.3 is 0 Å². The molecule has 0 fully saturated rings. The lowest BCUT2D eigenvalue weighted by molar-refractivity contribution is -0.139. The number of para-hydroxylation sites is 1. The van der Waals surface area contributed by atoms with Gasteiger partial charge in [0.05, 0.1) is 34.8 Å². The SMILES string of the molecule is COc1ccc(S(=O)(=O)N(CC(=O)N(Cc2ccc(Cl)c(Cl)c2)[C@H](C)C(=O)NC(C)C)c2ccccc2)cc1OC. The zero-order valence-electron chi connectivity index (χ0n) is 23.4. The van der Waals surface area contributed by atoms with Gasteiger partial charge in [0, 0.05) is 18.7 Å². The number of carbonyl (C=O) groups excluding carboxylic acids is 2. The molecule has 0 saturated carbocycles. The molecule has 0 bridgehead atoms. The number of hydrogen-bond acceptors (Lipinski definition) is 6. The topological polar surface area (TPSA) is 105 Å². The third kappa shape index (κ3) is 7.84. The van der Waals surface area contributed by atoms with Crippen LogP contribution in [0.5, 0.6) is 11.5 Å². The Labute approximate surface area is 251 Å². The number of benzene rings is 3. The maximum atomic E-state index is 14.0. The first kappa shape index (κ1) is 32.0. The van der Waals surface area contributed by atoms with Gasteiger partial charge in [-0.15, -0.1) is 0 Å². The van der Waals surface area contributed by atoms with Crippen LogP contribution in [0.3, 0.4) is 0 Å². The van der Waals surface area contributed by atoms with Crippen LogP contribution in [0.15, 0.2) is 71.6 Å². The molecule has 3 aromatic rings. The van der Waals surface area contributed by atoms with Gasteiger partial charge in [0.1, 0.15) is 12.6 Å². The van der Waals surface area contributed by atoms with Crippen molar-refractivity contribution in [3.8, 4) is 11.5 Å². The number of methoxy groups -OCH3 is 2. The van der Waals surface area contributed by atoms with Crippen LogP contribution in [0.1, 0.15) is 26.3 Å². The number of anilines is 1. The van der Waals surface area contributed by atoms with Crippen molar-refractivity contribution >= 4 is 50.7 Å². The molecule has 1 atom stereocenters. The van der Waals surface area contributed by atoms with E-state index in [0.29, 0.717) is 16.3 Å². The predicted molar refractivity (Wildman–Crippen MR) is 160 cm³/mol. The molecule has 41 heavy (non-hydrogen) atoms. The minimum Gasteiger partial charge on any atom is -0.493 e. The first-order chi connectivity index (χ1) is 19.4. The van der Waals surface area contributed by atoms with Crippen LogP contribution in [0.2, 0.25) is 10.0 Å². The molecule has 0 unspecified atom stereocenters. The highest BCUT2D eigenvalue weighted by Crippen LogP contribution is 2.32. The van der Waals surface area contributed by atoms with Crippen molar-refractivity contribution in [2.75, 3.05) is 25.1 Å². The van der Waals surface area contributed by atoms with Crippen molar-refractivity contribution in [1.29, 1.82) is 0 Å². The van der Waals surface area contributed by atoms with E-state index in [0.717, 1.165) is 4.31 Å². The predicted octanol–water partition coefficient (Wildman–Crippen LogP) is 5.15. The van der Waals surface area contributed by atoms with E-state index in [1.807, 2.05) is 13.8 Å². The van der Waals surface area contributed by atoms with Crippen molar-refractivity contribution < 1.29 is 27.5 Å². The van der Waals surface area contributed by atoms with Gasteiger partial charge in [0.25, 0.3) is 10.0 Å². The molecule has 0 spiro atoms. The van der Waals surface area contributed by atoms with Crippen LogP contribution in [0.4, 0.5) is 5.69 Å². The zero-order chi connectivity index (χ0) is 30.3. The van der Waals surface area contributed by atoms with E-state index in [4.69, 9.17) is 32.7 Å². The molecule has 1 N–H and O–H groups in total. The second-order valence-corrected chi connectivity index (χ2v) is 12.2. The Kier molecular flexibility index (Phi) is 10.9. The van der Waals surface area contributed by atoms with Gasteiger partial charge in [-0.1, -0.05) is 47.5 Å². The average molecular weight is 623 g/mol. The summed E-state index contributed by atoms with van der Waals surface area (Å²) in [4.78, 5) is 28.2. The fourth-order valence-corrected chi connectivity index (χ4v) is 5.80. The van der Waals surface area contributed by atoms with Gasteiger partial charge in [-0.3, -0.25) is 13.9 Å². The van der Waals surface area contributed by atoms with Gasteiger partial charge in [-0.2, -0.15) is 0 Å². The fourth-order valence-electron chi connectivity index (χ4n) is 4.05. The van der Waals surface area contributed by atoms with Crippen molar-refractivity contribution in [2.24, 2.45) is 0 Å². The molecule has 2 amide bonds. The highest BCUT2D eigenvalue weighted by atomic mass is 35.5. The van der Waals surface area contributed by atoms with Crippen LogP contribution in [-0.4, -0.2) is 58.0 Å². The van der Waals surface area contributed by atoms with Crippen LogP contribution in [0.25, 0.3) is 0 Å². The molecule has 0 aliphatic heterocycles. The number of nitrogens with one attached hydrogen (secondary N) is 1. The summed E-state index contributed by atoms with van der Waals surface area (Å²) in [6.07, 6.45) is 0. The number of hydrogen-bond donors (Lipinski definition) is 1. The summed E-state index contributed by atoms with van der Waals surface area (Å²) in [7, 11) is -1.43. The second-order valence-electron chi connectivity index (χ2n) is 9.47. The molecule has 0 heterocycles. The van der Waals surface area contributed by atoms with Crippen LogP contribution >= 0.6 is 23.2 Å². The molecule has 0 saturated heterocycles. The molecular weight excluding hydrogens is 589 g/mol. The number of amides is 2. The van der Waals surface area contributed by atoms with E-state index in [1.54, 1.807) is 55.5 Å². The van der Waals surface area contributed by atoms with Crippen LogP contribution in [-0.2, 0) is 26.2 Å². The van der Waals surface area contributed by atoms with Crippen LogP contribution < -0.4 is 19.1 Å². The Morgan fingerprint density at radius 2 is 1.54 bits per heavy atom. The highest BCUT2D eigenvalue weighted by Gasteiger charge is 2.33. The maximum Gasteiger partial charge on any atom is 0.264 e. The third-order valence-corrected chi connectivity index (χ3v) is 8.71. The lowest BCUT2D eigenvalue weighted by atomic mass is 10.1. The molecule has 3 rings (SSSR count). The van der Waals surface area contributed by atoms with Gasteiger partial charge in [0.2, 0.25) is 11.8 Å². The summed E-state index contributed by atoms with van der Waals surface area (Å²) in [6.45, 7) is 4.61. The van der Waals surface area contributed by atoms with Crippen LogP contribution in [0, 0.1) is 0 Å². The van der Waals surface area contributed by atoms with E-state index in [2.05, 4.69) is 5.32 Å². The second kappa shape index (κ2) is 13.9. The third-order valence-electron chi connectivity index (χ3n) is 6.20. The summed E-state index contributed by atoms with van der Waals surface area (Å²) in [6, 6.07) is 16.2. The zero-order valence-corrected chi connectivity index (χ0v) is 25.8. The minimum absolute atomic E-state index is 0.0125. The number of halogens is 2. The summed E-state index contributed by atoms with van der Waals surface area (Å²) in [5, 5.41) is 3.44.